The Bertz CT molecular complexity index is 599. The van der Waals surface area contributed by atoms with E-state index in [1.54, 1.807) is 30.5 Å². The number of nitrogens with zero attached hydrogens (tertiary/aromatic N) is 2. The summed E-state index contributed by atoms with van der Waals surface area (Å²) in [6.07, 6.45) is 2.82. The van der Waals surface area contributed by atoms with Crippen LogP contribution in [0.3, 0.4) is 0 Å². The second-order valence-electron chi connectivity index (χ2n) is 4.83. The molecule has 0 amide bonds. The smallest absolute Gasteiger partial charge is 0.145 e. The highest BCUT2D eigenvalue weighted by Crippen LogP contribution is 2.22. The Labute approximate surface area is 125 Å². The van der Waals surface area contributed by atoms with Crippen molar-refractivity contribution in [2.45, 2.75) is 26.3 Å². The van der Waals surface area contributed by atoms with Gasteiger partial charge in [0.2, 0.25) is 0 Å². The molecule has 1 atom stereocenters. The van der Waals surface area contributed by atoms with Crippen molar-refractivity contribution < 1.29 is 4.74 Å². The third kappa shape index (κ3) is 4.30. The highest BCUT2D eigenvalue weighted by atomic mass is 16.5. The minimum Gasteiger partial charge on any atom is -0.456 e. The molecule has 1 aromatic heterocycles. The minimum absolute atomic E-state index is 0.230. The summed E-state index contributed by atoms with van der Waals surface area (Å²) in [5.74, 6) is 1.38. The summed E-state index contributed by atoms with van der Waals surface area (Å²) in [4.78, 5) is 4.42. The predicted octanol–water partition coefficient (Wildman–Crippen LogP) is 3.81. The molecule has 0 aliphatic rings. The maximum Gasteiger partial charge on any atom is 0.145 e. The van der Waals surface area contributed by atoms with Crippen LogP contribution in [0.1, 0.15) is 37.6 Å². The molecule has 2 aromatic rings. The Morgan fingerprint density at radius 3 is 2.48 bits per heavy atom. The minimum atomic E-state index is 0.230. The van der Waals surface area contributed by atoms with Crippen LogP contribution in [0.15, 0.2) is 42.6 Å². The third-order valence-electron chi connectivity index (χ3n) is 3.12. The van der Waals surface area contributed by atoms with E-state index in [-0.39, 0.29) is 6.04 Å². The standard InChI is InChI=1S/C17H19N3O/c1-3-10-19-13(2)17-9-8-16(12-20-17)21-15-6-4-14(11-18)5-7-15/h4-9,12-13,19H,3,10H2,1-2H3. The number of nitrogens with one attached hydrogen (secondary N) is 1. The Morgan fingerprint density at radius 2 is 1.90 bits per heavy atom. The fourth-order valence-corrected chi connectivity index (χ4v) is 1.91. The first-order valence-electron chi connectivity index (χ1n) is 7.10. The highest BCUT2D eigenvalue weighted by Gasteiger charge is 2.06. The zero-order valence-corrected chi connectivity index (χ0v) is 12.3. The van der Waals surface area contributed by atoms with Crippen LogP contribution in [0.4, 0.5) is 0 Å². The van der Waals surface area contributed by atoms with Gasteiger partial charge in [0.1, 0.15) is 11.5 Å². The van der Waals surface area contributed by atoms with Crippen LogP contribution in [0, 0.1) is 11.3 Å². The van der Waals surface area contributed by atoms with Gasteiger partial charge in [-0.25, -0.2) is 0 Å². The van der Waals surface area contributed by atoms with Crippen LogP contribution in [-0.2, 0) is 0 Å². The third-order valence-corrected chi connectivity index (χ3v) is 3.12. The van der Waals surface area contributed by atoms with Crippen LogP contribution < -0.4 is 10.1 Å². The van der Waals surface area contributed by atoms with E-state index < -0.39 is 0 Å². The first kappa shape index (κ1) is 15.0. The molecule has 4 nitrogen and oxygen atoms in total. The number of ether oxygens (including phenoxy) is 1. The lowest BCUT2D eigenvalue weighted by Crippen LogP contribution is -2.20. The van der Waals surface area contributed by atoms with Crippen molar-refractivity contribution in [2.75, 3.05) is 6.54 Å². The molecular weight excluding hydrogens is 262 g/mol. The van der Waals surface area contributed by atoms with Gasteiger partial charge in [-0.2, -0.15) is 5.26 Å². The molecule has 0 saturated carbocycles. The van der Waals surface area contributed by atoms with Gasteiger partial charge >= 0.3 is 0 Å². The Hall–Kier alpha value is -2.38. The molecule has 1 N–H and O–H groups in total. The van der Waals surface area contributed by atoms with E-state index in [2.05, 4.69) is 30.2 Å². The van der Waals surface area contributed by atoms with E-state index >= 15 is 0 Å². The lowest BCUT2D eigenvalue weighted by molar-refractivity contribution is 0.477. The van der Waals surface area contributed by atoms with Crippen LogP contribution >= 0.6 is 0 Å². The Morgan fingerprint density at radius 1 is 1.19 bits per heavy atom. The normalized spacial score (nSPS) is 11.7. The molecular formula is C17H19N3O. The number of hydrogen-bond donors (Lipinski definition) is 1. The van der Waals surface area contributed by atoms with Gasteiger partial charge in [-0.1, -0.05) is 6.92 Å². The summed E-state index contributed by atoms with van der Waals surface area (Å²) in [6.45, 7) is 5.22. The lowest BCUT2D eigenvalue weighted by atomic mass is 10.2. The molecule has 21 heavy (non-hydrogen) atoms. The molecule has 1 aromatic carbocycles. The number of pyridine rings is 1. The van der Waals surface area contributed by atoms with Gasteiger partial charge in [0.25, 0.3) is 0 Å². The number of benzene rings is 1. The van der Waals surface area contributed by atoms with Gasteiger partial charge in [0.05, 0.1) is 23.5 Å². The molecule has 0 aliphatic carbocycles. The van der Waals surface area contributed by atoms with E-state index in [4.69, 9.17) is 10.00 Å². The summed E-state index contributed by atoms with van der Waals surface area (Å²) in [5, 5.41) is 12.2. The van der Waals surface area contributed by atoms with E-state index in [1.807, 2.05) is 12.1 Å². The molecule has 108 valence electrons. The van der Waals surface area contributed by atoms with Gasteiger partial charge < -0.3 is 10.1 Å². The van der Waals surface area contributed by atoms with Gasteiger partial charge in [-0.15, -0.1) is 0 Å². The second-order valence-corrected chi connectivity index (χ2v) is 4.83. The number of hydrogen-bond acceptors (Lipinski definition) is 4. The molecule has 0 bridgehead atoms. The van der Waals surface area contributed by atoms with Gasteiger partial charge in [-0.3, -0.25) is 4.98 Å². The van der Waals surface area contributed by atoms with Crippen molar-refractivity contribution in [3.05, 3.63) is 53.9 Å². The quantitative estimate of drug-likeness (QED) is 0.874. The first-order chi connectivity index (χ1) is 10.2. The van der Waals surface area contributed by atoms with E-state index in [0.29, 0.717) is 17.1 Å². The zero-order chi connectivity index (χ0) is 15.1. The van der Waals surface area contributed by atoms with Crippen LogP contribution in [-0.4, -0.2) is 11.5 Å². The molecule has 0 saturated heterocycles. The van der Waals surface area contributed by atoms with E-state index in [1.165, 1.54) is 0 Å². The molecule has 1 unspecified atom stereocenters. The monoisotopic (exact) mass is 281 g/mol. The zero-order valence-electron chi connectivity index (χ0n) is 12.3. The van der Waals surface area contributed by atoms with Crippen molar-refractivity contribution in [1.29, 1.82) is 5.26 Å². The molecule has 4 heteroatoms. The van der Waals surface area contributed by atoms with Crippen molar-refractivity contribution in [3.8, 4) is 17.6 Å². The highest BCUT2D eigenvalue weighted by molar-refractivity contribution is 5.37. The molecule has 0 radical (unpaired) electrons. The van der Waals surface area contributed by atoms with Gasteiger partial charge in [-0.05, 0) is 56.3 Å². The average Bonchev–Trinajstić information content (AvgIpc) is 2.54. The van der Waals surface area contributed by atoms with Crippen molar-refractivity contribution in [3.63, 3.8) is 0 Å². The van der Waals surface area contributed by atoms with Crippen LogP contribution in [0.5, 0.6) is 11.5 Å². The predicted molar refractivity (Wildman–Crippen MR) is 82.2 cm³/mol. The van der Waals surface area contributed by atoms with Crippen LogP contribution in [0.25, 0.3) is 0 Å². The maximum absolute atomic E-state index is 8.76. The molecule has 0 spiro atoms. The van der Waals surface area contributed by atoms with Crippen molar-refractivity contribution in [2.24, 2.45) is 0 Å². The molecule has 0 fully saturated rings. The summed E-state index contributed by atoms with van der Waals surface area (Å²) in [6, 6.07) is 13.2. The fourth-order valence-electron chi connectivity index (χ4n) is 1.91. The van der Waals surface area contributed by atoms with Crippen LogP contribution in [0.2, 0.25) is 0 Å². The number of aromatic nitrogens is 1. The van der Waals surface area contributed by atoms with E-state index in [0.717, 1.165) is 18.7 Å². The maximum atomic E-state index is 8.76. The summed E-state index contributed by atoms with van der Waals surface area (Å²) in [5.41, 5.74) is 1.61. The van der Waals surface area contributed by atoms with E-state index in [9.17, 15) is 0 Å². The summed E-state index contributed by atoms with van der Waals surface area (Å²) in [7, 11) is 0. The van der Waals surface area contributed by atoms with Crippen molar-refractivity contribution >= 4 is 0 Å². The molecule has 1 heterocycles. The lowest BCUT2D eigenvalue weighted by Gasteiger charge is -2.13. The largest absolute Gasteiger partial charge is 0.456 e. The number of rotatable bonds is 6. The first-order valence-corrected chi connectivity index (χ1v) is 7.10. The summed E-state index contributed by atoms with van der Waals surface area (Å²) < 4.78 is 5.70. The number of nitriles is 1. The fraction of sp³-hybridized carbons (Fsp3) is 0.294. The second kappa shape index (κ2) is 7.41. The molecule has 0 aliphatic heterocycles. The van der Waals surface area contributed by atoms with Gasteiger partial charge in [0.15, 0.2) is 0 Å². The topological polar surface area (TPSA) is 57.9 Å². The summed E-state index contributed by atoms with van der Waals surface area (Å²) >= 11 is 0. The Kier molecular flexibility index (Phi) is 5.30. The Balaban J connectivity index is 2.00. The average molecular weight is 281 g/mol. The molecule has 2 rings (SSSR count). The van der Waals surface area contributed by atoms with Gasteiger partial charge in [0, 0.05) is 6.04 Å². The van der Waals surface area contributed by atoms with Crippen molar-refractivity contribution in [1.82, 2.24) is 10.3 Å². The SMILES string of the molecule is CCCNC(C)c1ccc(Oc2ccc(C#N)cc2)cn1.